The monoisotopic (exact) mass is 475 g/mol. The van der Waals surface area contributed by atoms with Crippen LogP contribution in [-0.4, -0.2) is 41.3 Å². The normalized spacial score (nSPS) is 23.2. The molecule has 1 aliphatic rings. The van der Waals surface area contributed by atoms with E-state index in [-0.39, 0.29) is 28.5 Å². The molecule has 0 fully saturated rings. The molecule has 1 atom stereocenters. The van der Waals surface area contributed by atoms with Crippen LogP contribution < -0.4 is 11.1 Å². The summed E-state index contributed by atoms with van der Waals surface area (Å²) in [7, 11) is -3.30. The lowest BCUT2D eigenvalue weighted by Gasteiger charge is -2.53. The Morgan fingerprint density at radius 2 is 1.84 bits per heavy atom. The van der Waals surface area contributed by atoms with Crippen molar-refractivity contribution in [3.63, 3.8) is 0 Å². The Hall–Kier alpha value is -2.77. The summed E-state index contributed by atoms with van der Waals surface area (Å²) in [4.78, 5) is 23.3. The van der Waals surface area contributed by atoms with Gasteiger partial charge in [0.2, 0.25) is 0 Å². The van der Waals surface area contributed by atoms with Crippen LogP contribution in [-0.2, 0) is 11.7 Å². The van der Waals surface area contributed by atoms with Crippen LogP contribution in [0.25, 0.3) is 0 Å². The number of aromatic nitrogens is 2. The van der Waals surface area contributed by atoms with Crippen LogP contribution in [0.15, 0.2) is 35.6 Å². The maximum atomic E-state index is 14.7. The van der Waals surface area contributed by atoms with Gasteiger partial charge in [-0.15, -0.1) is 0 Å². The van der Waals surface area contributed by atoms with Crippen LogP contribution in [0.3, 0.4) is 0 Å². The van der Waals surface area contributed by atoms with Gasteiger partial charge >= 0.3 is 6.18 Å². The molecule has 2 heterocycles. The molecule has 1 aromatic carbocycles. The van der Waals surface area contributed by atoms with Gasteiger partial charge in [0, 0.05) is 11.3 Å². The van der Waals surface area contributed by atoms with E-state index in [0.29, 0.717) is 12.4 Å². The zero-order valence-electron chi connectivity index (χ0n) is 17.2. The average Bonchev–Trinajstić information content (AvgIpc) is 2.67. The lowest BCUT2D eigenvalue weighted by atomic mass is 9.92. The molecule has 5 N–H and O–H groups in total. The Bertz CT molecular complexity index is 1090. The number of carbonyl (C=O) groups excluding carboxylic acids is 1. The van der Waals surface area contributed by atoms with Crippen molar-refractivity contribution in [1.82, 2.24) is 9.97 Å². The summed E-state index contributed by atoms with van der Waals surface area (Å²) in [6, 6.07) is 3.52. The Morgan fingerprint density at radius 3 is 2.38 bits per heavy atom. The molecule has 0 saturated heterocycles. The third-order valence-corrected chi connectivity index (χ3v) is 8.07. The second kappa shape index (κ2) is 7.67. The number of carbonyl (C=O) groups is 1. The first kappa shape index (κ1) is 23.9. The van der Waals surface area contributed by atoms with Gasteiger partial charge in [-0.1, -0.05) is 0 Å². The van der Waals surface area contributed by atoms with Crippen molar-refractivity contribution in [2.75, 3.05) is 11.1 Å². The van der Waals surface area contributed by atoms with Crippen molar-refractivity contribution in [1.29, 1.82) is 0 Å². The molecule has 0 radical (unpaired) electrons. The highest BCUT2D eigenvalue weighted by molar-refractivity contribution is 8.26. The molecule has 0 saturated carbocycles. The van der Waals surface area contributed by atoms with Gasteiger partial charge < -0.3 is 11.1 Å². The van der Waals surface area contributed by atoms with E-state index in [1.165, 1.54) is 32.9 Å². The van der Waals surface area contributed by atoms with Gasteiger partial charge in [-0.3, -0.25) is 18.9 Å². The van der Waals surface area contributed by atoms with Crippen LogP contribution in [0, 0.1) is 5.82 Å². The minimum Gasteiger partial charge on any atom is -0.386 e. The lowest BCUT2D eigenvalue weighted by molar-refractivity contribution is -0.141. The van der Waals surface area contributed by atoms with Crippen molar-refractivity contribution >= 4 is 28.0 Å². The van der Waals surface area contributed by atoms with Crippen molar-refractivity contribution < 1.29 is 31.5 Å². The molecule has 8 nitrogen and oxygen atoms in total. The number of hydrogen-bond donors (Lipinski definition) is 4. The van der Waals surface area contributed by atoms with Crippen molar-refractivity contribution in [3.05, 3.63) is 53.4 Å². The van der Waals surface area contributed by atoms with Crippen LogP contribution >= 0.6 is 10.6 Å². The molecule has 1 aliphatic heterocycles. The number of amidine groups is 1. The van der Waals surface area contributed by atoms with Gasteiger partial charge in [-0.2, -0.15) is 23.8 Å². The molecule has 0 spiro atoms. The van der Waals surface area contributed by atoms with Gasteiger partial charge in [0.05, 0.1) is 18.1 Å². The first-order valence-corrected chi connectivity index (χ1v) is 10.9. The molecule has 13 heteroatoms. The largest absolute Gasteiger partial charge is 0.434 e. The summed E-state index contributed by atoms with van der Waals surface area (Å²) < 4.78 is 72.5. The predicted octanol–water partition coefficient (Wildman–Crippen LogP) is 4.00. The first-order chi connectivity index (χ1) is 14.6. The highest BCUT2D eigenvalue weighted by atomic mass is 32.3. The molecule has 0 bridgehead atoms. The van der Waals surface area contributed by atoms with E-state index in [2.05, 4.69) is 20.3 Å². The van der Waals surface area contributed by atoms with E-state index >= 15 is 0 Å². The number of amides is 1. The summed E-state index contributed by atoms with van der Waals surface area (Å²) in [5, 5.41) is 2.40. The highest BCUT2D eigenvalue weighted by Gasteiger charge is 2.49. The Kier molecular flexibility index (Phi) is 5.73. The number of benzene rings is 1. The topological polar surface area (TPSA) is 134 Å². The number of anilines is 1. The molecular formula is C19H21F4N5O3S. The van der Waals surface area contributed by atoms with E-state index in [9.17, 15) is 31.5 Å². The minimum atomic E-state index is -4.70. The summed E-state index contributed by atoms with van der Waals surface area (Å²) in [6.45, 7) is 4.53. The summed E-state index contributed by atoms with van der Waals surface area (Å²) in [5.41, 5.74) is 2.92. The zero-order valence-corrected chi connectivity index (χ0v) is 18.1. The maximum absolute atomic E-state index is 14.7. The zero-order chi connectivity index (χ0) is 24.1. The molecule has 174 valence electrons. The third-order valence-electron chi connectivity index (χ3n) is 5.26. The fraction of sp³-hybridized carbons (Fsp3) is 0.368. The summed E-state index contributed by atoms with van der Waals surface area (Å²) in [5.74, 6) is -1.94. The van der Waals surface area contributed by atoms with E-state index < -0.39 is 44.5 Å². The number of nitrogens with one attached hydrogen (secondary N) is 1. The fourth-order valence-corrected chi connectivity index (χ4v) is 4.86. The van der Waals surface area contributed by atoms with Gasteiger partial charge in [-0.25, -0.2) is 14.4 Å². The number of nitrogens with two attached hydrogens (primary N) is 1. The van der Waals surface area contributed by atoms with E-state index in [1.807, 2.05) is 0 Å². The molecule has 1 aromatic heterocycles. The second-order valence-electron chi connectivity index (χ2n) is 8.03. The third kappa shape index (κ3) is 4.27. The van der Waals surface area contributed by atoms with Gasteiger partial charge in [0.1, 0.15) is 27.6 Å². The standard InChI is InChI=1S/C19H21F4N5O3S/c1-17(2)16(24)28-18(3,9-32(17,30)31)11-6-10(4-5-12(11)20)27-15(29)13-7-26-14(8-25-13)19(21,22)23/h4-8,30-31H,9H2,1-3H3,(H2,24,28)(H,27,29)/t18-/m0/s1. The second-order valence-corrected chi connectivity index (χ2v) is 10.7. The van der Waals surface area contributed by atoms with Gasteiger partial charge in [0.25, 0.3) is 5.91 Å². The van der Waals surface area contributed by atoms with Crippen molar-refractivity contribution in [2.24, 2.45) is 10.7 Å². The SMILES string of the molecule is CC1(C)C(N)=N[C@](C)(c2cc(NC(=O)c3cnc(C(F)(F)F)cn3)ccc2F)CS1(O)O. The predicted molar refractivity (Wildman–Crippen MR) is 112 cm³/mol. The summed E-state index contributed by atoms with van der Waals surface area (Å²) >= 11 is 0. The Labute approximate surface area is 182 Å². The minimum absolute atomic E-state index is 0.0489. The van der Waals surface area contributed by atoms with E-state index in [4.69, 9.17) is 5.73 Å². The lowest BCUT2D eigenvalue weighted by Crippen LogP contribution is -2.52. The smallest absolute Gasteiger partial charge is 0.386 e. The first-order valence-electron chi connectivity index (χ1n) is 9.19. The van der Waals surface area contributed by atoms with Crippen LogP contribution in [0.5, 0.6) is 0 Å². The summed E-state index contributed by atoms with van der Waals surface area (Å²) in [6.07, 6.45) is -3.59. The molecular weight excluding hydrogens is 454 g/mol. The maximum Gasteiger partial charge on any atom is 0.434 e. The van der Waals surface area contributed by atoms with Crippen LogP contribution in [0.1, 0.15) is 42.5 Å². The Morgan fingerprint density at radius 1 is 1.19 bits per heavy atom. The van der Waals surface area contributed by atoms with Crippen molar-refractivity contribution in [2.45, 2.75) is 37.2 Å². The molecule has 2 aromatic rings. The van der Waals surface area contributed by atoms with Crippen LogP contribution in [0.4, 0.5) is 23.2 Å². The fourth-order valence-electron chi connectivity index (χ4n) is 3.11. The molecule has 3 rings (SSSR count). The number of hydrogen-bond acceptors (Lipinski definition) is 7. The average molecular weight is 475 g/mol. The molecule has 1 amide bonds. The van der Waals surface area contributed by atoms with Gasteiger partial charge in [-0.05, 0) is 39.0 Å². The molecule has 32 heavy (non-hydrogen) atoms. The number of alkyl halides is 3. The van der Waals surface area contributed by atoms with Crippen molar-refractivity contribution in [3.8, 4) is 0 Å². The number of halogens is 4. The number of rotatable bonds is 3. The quantitative estimate of drug-likeness (QED) is 0.496. The number of nitrogens with zero attached hydrogens (tertiary/aromatic N) is 3. The molecule has 0 unspecified atom stereocenters. The van der Waals surface area contributed by atoms with Crippen LogP contribution in [0.2, 0.25) is 0 Å². The van der Waals surface area contributed by atoms with E-state index in [0.717, 1.165) is 6.07 Å². The molecule has 0 aliphatic carbocycles. The number of aliphatic imine (C=N–C) groups is 1. The van der Waals surface area contributed by atoms with Gasteiger partial charge in [0.15, 0.2) is 5.69 Å². The van der Waals surface area contributed by atoms with E-state index in [1.54, 1.807) is 0 Å². The Balaban J connectivity index is 1.91. The highest BCUT2D eigenvalue weighted by Crippen LogP contribution is 2.59.